The average molecular weight is 349 g/mol. The summed E-state index contributed by atoms with van der Waals surface area (Å²) in [4.78, 5) is 24.9. The van der Waals surface area contributed by atoms with Crippen molar-refractivity contribution in [2.75, 3.05) is 6.61 Å². The molecule has 0 aliphatic heterocycles. The Morgan fingerprint density at radius 3 is 2.27 bits per heavy atom. The first-order valence-corrected chi connectivity index (χ1v) is 8.40. The SMILES string of the molecule is CCOC(=O)C(=O)c1c(-c2ccccc2)nnn1C(C)c1ccccc1. The molecule has 0 saturated carbocycles. The molecule has 26 heavy (non-hydrogen) atoms. The fraction of sp³-hybridized carbons (Fsp3) is 0.200. The molecule has 0 N–H and O–H groups in total. The molecular weight excluding hydrogens is 330 g/mol. The van der Waals surface area contributed by atoms with Crippen molar-refractivity contribution in [3.63, 3.8) is 0 Å². The van der Waals surface area contributed by atoms with E-state index in [4.69, 9.17) is 4.74 Å². The minimum atomic E-state index is -0.909. The highest BCUT2D eigenvalue weighted by molar-refractivity contribution is 6.41. The molecule has 132 valence electrons. The highest BCUT2D eigenvalue weighted by atomic mass is 16.5. The van der Waals surface area contributed by atoms with E-state index >= 15 is 0 Å². The molecule has 1 aromatic heterocycles. The zero-order valence-corrected chi connectivity index (χ0v) is 14.6. The fourth-order valence-corrected chi connectivity index (χ4v) is 2.73. The van der Waals surface area contributed by atoms with Crippen molar-refractivity contribution < 1.29 is 14.3 Å². The zero-order chi connectivity index (χ0) is 18.5. The van der Waals surface area contributed by atoms with Crippen LogP contribution in [0.1, 0.15) is 35.9 Å². The maximum atomic E-state index is 12.8. The number of Topliss-reactive ketones (excluding diaryl/α,β-unsaturated/α-hetero) is 1. The summed E-state index contributed by atoms with van der Waals surface area (Å²) in [6.45, 7) is 3.69. The first-order chi connectivity index (χ1) is 12.6. The van der Waals surface area contributed by atoms with Crippen LogP contribution in [0.3, 0.4) is 0 Å². The summed E-state index contributed by atoms with van der Waals surface area (Å²) in [5.41, 5.74) is 2.17. The molecule has 6 heteroatoms. The highest BCUT2D eigenvalue weighted by Crippen LogP contribution is 2.26. The van der Waals surface area contributed by atoms with Gasteiger partial charge in [0.2, 0.25) is 0 Å². The van der Waals surface area contributed by atoms with Crippen LogP contribution >= 0.6 is 0 Å². The standard InChI is InChI=1S/C20H19N3O3/c1-3-26-20(25)19(24)18-17(16-12-8-5-9-13-16)21-22-23(18)14(2)15-10-6-4-7-11-15/h4-14H,3H2,1-2H3. The lowest BCUT2D eigenvalue weighted by atomic mass is 10.1. The number of nitrogens with zero attached hydrogens (tertiary/aromatic N) is 3. The van der Waals surface area contributed by atoms with Gasteiger partial charge in [0.15, 0.2) is 0 Å². The maximum absolute atomic E-state index is 12.8. The number of carbonyl (C=O) groups excluding carboxylic acids is 2. The molecule has 0 aliphatic carbocycles. The lowest BCUT2D eigenvalue weighted by Crippen LogP contribution is -2.24. The van der Waals surface area contributed by atoms with Crippen molar-refractivity contribution >= 4 is 11.8 Å². The second-order valence-corrected chi connectivity index (χ2v) is 5.73. The summed E-state index contributed by atoms with van der Waals surface area (Å²) in [7, 11) is 0. The molecule has 3 rings (SSSR count). The fourth-order valence-electron chi connectivity index (χ4n) is 2.73. The number of aromatic nitrogens is 3. The van der Waals surface area contributed by atoms with Gasteiger partial charge in [0, 0.05) is 5.56 Å². The van der Waals surface area contributed by atoms with E-state index in [0.29, 0.717) is 11.3 Å². The largest absolute Gasteiger partial charge is 0.460 e. The third kappa shape index (κ3) is 3.39. The van der Waals surface area contributed by atoms with E-state index in [1.165, 1.54) is 4.68 Å². The minimum absolute atomic E-state index is 0.126. The van der Waals surface area contributed by atoms with Crippen LogP contribution in [0.2, 0.25) is 0 Å². The van der Waals surface area contributed by atoms with Crippen molar-refractivity contribution in [1.29, 1.82) is 0 Å². The number of carbonyl (C=O) groups is 2. The van der Waals surface area contributed by atoms with Gasteiger partial charge < -0.3 is 4.74 Å². The number of ketones is 1. The van der Waals surface area contributed by atoms with Crippen molar-refractivity contribution in [2.24, 2.45) is 0 Å². The molecule has 0 spiro atoms. The first-order valence-electron chi connectivity index (χ1n) is 8.40. The van der Waals surface area contributed by atoms with E-state index in [2.05, 4.69) is 10.3 Å². The number of ether oxygens (including phenoxy) is 1. The van der Waals surface area contributed by atoms with E-state index in [1.54, 1.807) is 6.92 Å². The van der Waals surface area contributed by atoms with E-state index in [9.17, 15) is 9.59 Å². The lowest BCUT2D eigenvalue weighted by Gasteiger charge is -2.15. The van der Waals surface area contributed by atoms with Crippen LogP contribution < -0.4 is 0 Å². The van der Waals surface area contributed by atoms with Gasteiger partial charge in [-0.3, -0.25) is 4.79 Å². The molecule has 0 amide bonds. The predicted octanol–water partition coefficient (Wildman–Crippen LogP) is 3.30. The van der Waals surface area contributed by atoms with Crippen molar-refractivity contribution in [2.45, 2.75) is 19.9 Å². The quantitative estimate of drug-likeness (QED) is 0.388. The zero-order valence-electron chi connectivity index (χ0n) is 14.6. The van der Waals surface area contributed by atoms with E-state index in [1.807, 2.05) is 67.6 Å². The summed E-state index contributed by atoms with van der Waals surface area (Å²) in [6.07, 6.45) is 0. The molecule has 6 nitrogen and oxygen atoms in total. The van der Waals surface area contributed by atoms with E-state index in [0.717, 1.165) is 5.56 Å². The van der Waals surface area contributed by atoms with Crippen molar-refractivity contribution in [1.82, 2.24) is 15.0 Å². The Labute approximate surface area is 151 Å². The second kappa shape index (κ2) is 7.74. The van der Waals surface area contributed by atoms with Crippen LogP contribution in [0.4, 0.5) is 0 Å². The van der Waals surface area contributed by atoms with Gasteiger partial charge in [-0.2, -0.15) is 0 Å². The molecule has 1 heterocycles. The van der Waals surface area contributed by atoms with E-state index in [-0.39, 0.29) is 18.3 Å². The molecule has 1 atom stereocenters. The van der Waals surface area contributed by atoms with Crippen LogP contribution in [0.5, 0.6) is 0 Å². The maximum Gasteiger partial charge on any atom is 0.381 e. The number of hydrogen-bond acceptors (Lipinski definition) is 5. The Morgan fingerprint density at radius 2 is 1.65 bits per heavy atom. The monoisotopic (exact) mass is 349 g/mol. The second-order valence-electron chi connectivity index (χ2n) is 5.73. The van der Waals surface area contributed by atoms with Crippen LogP contribution in [0.25, 0.3) is 11.3 Å². The Kier molecular flexibility index (Phi) is 5.22. The van der Waals surface area contributed by atoms with Gasteiger partial charge in [-0.25, -0.2) is 9.48 Å². The summed E-state index contributed by atoms with van der Waals surface area (Å²) >= 11 is 0. The van der Waals surface area contributed by atoms with Gasteiger partial charge in [0.25, 0.3) is 5.78 Å². The average Bonchev–Trinajstić information content (AvgIpc) is 3.13. The molecular formula is C20H19N3O3. The van der Waals surface area contributed by atoms with Crippen molar-refractivity contribution in [3.05, 3.63) is 71.9 Å². The third-order valence-electron chi connectivity index (χ3n) is 4.07. The Balaban J connectivity index is 2.12. The summed E-state index contributed by atoms with van der Waals surface area (Å²) in [5.74, 6) is -1.66. The Bertz CT molecular complexity index is 905. The Morgan fingerprint density at radius 1 is 1.04 bits per heavy atom. The van der Waals surface area contributed by atoms with E-state index < -0.39 is 11.8 Å². The van der Waals surface area contributed by atoms with Crippen LogP contribution in [0, 0.1) is 0 Å². The van der Waals surface area contributed by atoms with Gasteiger partial charge in [-0.1, -0.05) is 65.9 Å². The van der Waals surface area contributed by atoms with Crippen LogP contribution in [-0.4, -0.2) is 33.4 Å². The molecule has 0 fully saturated rings. The predicted molar refractivity (Wildman–Crippen MR) is 96.7 cm³/mol. The van der Waals surface area contributed by atoms with Gasteiger partial charge in [0.1, 0.15) is 11.4 Å². The molecule has 1 unspecified atom stereocenters. The molecule has 2 aromatic carbocycles. The number of hydrogen-bond donors (Lipinski definition) is 0. The van der Waals surface area contributed by atoms with Gasteiger partial charge in [0.05, 0.1) is 12.6 Å². The van der Waals surface area contributed by atoms with Gasteiger partial charge in [-0.05, 0) is 19.4 Å². The molecule has 0 aliphatic rings. The van der Waals surface area contributed by atoms with Gasteiger partial charge >= 0.3 is 5.97 Å². The highest BCUT2D eigenvalue weighted by Gasteiger charge is 2.30. The van der Waals surface area contributed by atoms with Crippen LogP contribution in [-0.2, 0) is 9.53 Å². The topological polar surface area (TPSA) is 74.1 Å². The number of rotatable bonds is 6. The molecule has 3 aromatic rings. The summed E-state index contributed by atoms with van der Waals surface area (Å²) in [6, 6.07) is 18.5. The smallest absolute Gasteiger partial charge is 0.381 e. The normalized spacial score (nSPS) is 11.8. The summed E-state index contributed by atoms with van der Waals surface area (Å²) in [5, 5.41) is 8.35. The van der Waals surface area contributed by atoms with Gasteiger partial charge in [-0.15, -0.1) is 5.10 Å². The molecule has 0 bridgehead atoms. The molecule has 0 radical (unpaired) electrons. The number of esters is 1. The van der Waals surface area contributed by atoms with Crippen LogP contribution in [0.15, 0.2) is 60.7 Å². The minimum Gasteiger partial charge on any atom is -0.460 e. The lowest BCUT2D eigenvalue weighted by molar-refractivity contribution is -0.137. The number of benzene rings is 2. The first kappa shape index (κ1) is 17.5. The van der Waals surface area contributed by atoms with Crippen molar-refractivity contribution in [3.8, 4) is 11.3 Å². The third-order valence-corrected chi connectivity index (χ3v) is 4.07. The molecule has 0 saturated heterocycles. The Hall–Kier alpha value is -3.28. The summed E-state index contributed by atoms with van der Waals surface area (Å²) < 4.78 is 6.38.